The molecule has 0 radical (unpaired) electrons. The molecule has 0 saturated heterocycles. The van der Waals surface area contributed by atoms with Crippen LogP contribution in [0.5, 0.6) is 5.75 Å². The molecular formula is C17H16FN5O2S. The minimum absolute atomic E-state index is 0.125. The quantitative estimate of drug-likeness (QED) is 0.667. The van der Waals surface area contributed by atoms with Gasteiger partial charge in [0.25, 0.3) is 0 Å². The average Bonchev–Trinajstić information content (AvgIpc) is 3.09. The van der Waals surface area contributed by atoms with Gasteiger partial charge >= 0.3 is 0 Å². The van der Waals surface area contributed by atoms with Crippen molar-refractivity contribution in [1.29, 1.82) is 0 Å². The molecule has 0 atom stereocenters. The van der Waals surface area contributed by atoms with Crippen LogP contribution in [0, 0.1) is 5.82 Å². The van der Waals surface area contributed by atoms with Crippen LogP contribution in [0.2, 0.25) is 0 Å². The summed E-state index contributed by atoms with van der Waals surface area (Å²) in [6.07, 6.45) is 0. The highest BCUT2D eigenvalue weighted by molar-refractivity contribution is 7.99. The summed E-state index contributed by atoms with van der Waals surface area (Å²) >= 11 is 1.20. The van der Waals surface area contributed by atoms with Gasteiger partial charge in [0.1, 0.15) is 11.6 Å². The number of nitrogens with zero attached hydrogens (tertiary/aromatic N) is 5. The second-order valence-corrected chi connectivity index (χ2v) is 6.50. The van der Waals surface area contributed by atoms with Crippen molar-refractivity contribution in [2.24, 2.45) is 0 Å². The fourth-order valence-electron chi connectivity index (χ4n) is 2.26. The maximum absolute atomic E-state index is 13.2. The Morgan fingerprint density at radius 3 is 2.77 bits per heavy atom. The molecule has 1 heterocycles. The van der Waals surface area contributed by atoms with Gasteiger partial charge in [-0.15, -0.1) is 5.10 Å². The first kappa shape index (κ1) is 17.9. The summed E-state index contributed by atoms with van der Waals surface area (Å²) in [6.45, 7) is 0.319. The third-order valence-corrected chi connectivity index (χ3v) is 4.50. The van der Waals surface area contributed by atoms with Crippen LogP contribution >= 0.6 is 11.8 Å². The zero-order valence-corrected chi connectivity index (χ0v) is 14.7. The first-order valence-electron chi connectivity index (χ1n) is 7.72. The van der Waals surface area contributed by atoms with Gasteiger partial charge < -0.3 is 10.0 Å². The average molecular weight is 373 g/mol. The van der Waals surface area contributed by atoms with E-state index < -0.39 is 0 Å². The highest BCUT2D eigenvalue weighted by Crippen LogP contribution is 2.20. The van der Waals surface area contributed by atoms with Crippen LogP contribution in [-0.4, -0.2) is 48.9 Å². The van der Waals surface area contributed by atoms with E-state index in [1.54, 1.807) is 31.3 Å². The zero-order valence-electron chi connectivity index (χ0n) is 13.9. The van der Waals surface area contributed by atoms with Gasteiger partial charge in [-0.2, -0.15) is 4.68 Å². The highest BCUT2D eigenvalue weighted by Gasteiger charge is 2.14. The number of carbonyl (C=O) groups is 1. The third-order valence-electron chi connectivity index (χ3n) is 3.59. The van der Waals surface area contributed by atoms with Gasteiger partial charge in [-0.1, -0.05) is 23.9 Å². The van der Waals surface area contributed by atoms with E-state index >= 15 is 0 Å². The molecule has 0 saturated carbocycles. The minimum atomic E-state index is -0.328. The van der Waals surface area contributed by atoms with E-state index in [9.17, 15) is 14.3 Å². The lowest BCUT2D eigenvalue weighted by atomic mass is 10.2. The molecule has 0 unspecified atom stereocenters. The van der Waals surface area contributed by atoms with Crippen molar-refractivity contribution >= 4 is 17.7 Å². The Morgan fingerprint density at radius 2 is 2.04 bits per heavy atom. The number of phenolic OH excluding ortho intramolecular Hbond substituents is 1. The summed E-state index contributed by atoms with van der Waals surface area (Å²) in [5.41, 5.74) is 1.40. The second kappa shape index (κ2) is 7.96. The molecule has 26 heavy (non-hydrogen) atoms. The van der Waals surface area contributed by atoms with Crippen LogP contribution in [0.4, 0.5) is 4.39 Å². The Hall–Kier alpha value is -2.94. The topological polar surface area (TPSA) is 84.1 Å². The standard InChI is InChI=1S/C17H16FN5O2S/c1-22(10-12-3-2-4-13(18)9-12)16(25)11-26-17-19-20-21-23(17)14-5-7-15(24)8-6-14/h2-9,24H,10-11H2,1H3. The summed E-state index contributed by atoms with van der Waals surface area (Å²) in [5, 5.41) is 21.3. The number of phenols is 1. The van der Waals surface area contributed by atoms with Gasteiger partial charge in [-0.25, -0.2) is 4.39 Å². The lowest BCUT2D eigenvalue weighted by Gasteiger charge is -2.17. The van der Waals surface area contributed by atoms with E-state index in [1.165, 1.54) is 45.6 Å². The van der Waals surface area contributed by atoms with E-state index in [0.717, 1.165) is 5.56 Å². The summed E-state index contributed by atoms with van der Waals surface area (Å²) in [4.78, 5) is 13.8. The van der Waals surface area contributed by atoms with Crippen molar-refractivity contribution in [3.8, 4) is 11.4 Å². The SMILES string of the molecule is CN(Cc1cccc(F)c1)C(=O)CSc1nnnn1-c1ccc(O)cc1. The Bertz CT molecular complexity index is 900. The fourth-order valence-corrected chi connectivity index (χ4v) is 3.09. The normalized spacial score (nSPS) is 10.7. The molecule has 1 amide bonds. The van der Waals surface area contributed by atoms with E-state index in [-0.39, 0.29) is 23.2 Å². The summed E-state index contributed by atoms with van der Waals surface area (Å²) in [6, 6.07) is 12.6. The van der Waals surface area contributed by atoms with Gasteiger partial charge in [0, 0.05) is 13.6 Å². The largest absolute Gasteiger partial charge is 0.508 e. The molecule has 0 aliphatic heterocycles. The second-order valence-electron chi connectivity index (χ2n) is 5.56. The maximum atomic E-state index is 13.2. The van der Waals surface area contributed by atoms with Crippen molar-refractivity contribution in [1.82, 2.24) is 25.1 Å². The molecule has 134 valence electrons. The van der Waals surface area contributed by atoms with Crippen LogP contribution in [0.3, 0.4) is 0 Å². The van der Waals surface area contributed by atoms with E-state index in [2.05, 4.69) is 15.5 Å². The van der Waals surface area contributed by atoms with Crippen LogP contribution in [0.1, 0.15) is 5.56 Å². The molecule has 0 bridgehead atoms. The fraction of sp³-hybridized carbons (Fsp3) is 0.176. The molecular weight excluding hydrogens is 357 g/mol. The number of aromatic hydroxyl groups is 1. The number of tetrazole rings is 1. The molecule has 1 N–H and O–H groups in total. The van der Waals surface area contributed by atoms with Crippen molar-refractivity contribution in [2.75, 3.05) is 12.8 Å². The lowest BCUT2D eigenvalue weighted by Crippen LogP contribution is -2.28. The summed E-state index contributed by atoms with van der Waals surface area (Å²) in [5.74, 6) is -0.167. The molecule has 0 aliphatic rings. The predicted octanol–water partition coefficient (Wildman–Crippen LogP) is 2.26. The first-order chi connectivity index (χ1) is 12.5. The number of amides is 1. The number of hydrogen-bond acceptors (Lipinski definition) is 6. The minimum Gasteiger partial charge on any atom is -0.508 e. The number of thioether (sulfide) groups is 1. The van der Waals surface area contributed by atoms with Crippen LogP contribution in [0.25, 0.3) is 5.69 Å². The number of carbonyl (C=O) groups excluding carboxylic acids is 1. The molecule has 9 heteroatoms. The van der Waals surface area contributed by atoms with Gasteiger partial charge in [0.05, 0.1) is 11.4 Å². The maximum Gasteiger partial charge on any atom is 0.233 e. The Kier molecular flexibility index (Phi) is 5.47. The zero-order chi connectivity index (χ0) is 18.5. The Labute approximate surface area is 153 Å². The number of benzene rings is 2. The van der Waals surface area contributed by atoms with E-state index in [4.69, 9.17) is 0 Å². The van der Waals surface area contributed by atoms with Crippen molar-refractivity contribution in [3.05, 3.63) is 59.9 Å². The Balaban J connectivity index is 1.61. The first-order valence-corrected chi connectivity index (χ1v) is 8.70. The van der Waals surface area contributed by atoms with Crippen LogP contribution < -0.4 is 0 Å². The highest BCUT2D eigenvalue weighted by atomic mass is 32.2. The molecule has 7 nitrogen and oxygen atoms in total. The smallest absolute Gasteiger partial charge is 0.233 e. The number of hydrogen-bond donors (Lipinski definition) is 1. The van der Waals surface area contributed by atoms with Gasteiger partial charge in [0.15, 0.2) is 0 Å². The van der Waals surface area contributed by atoms with Crippen LogP contribution in [-0.2, 0) is 11.3 Å². The molecule has 3 aromatic rings. The van der Waals surface area contributed by atoms with Crippen molar-refractivity contribution in [2.45, 2.75) is 11.7 Å². The predicted molar refractivity (Wildman–Crippen MR) is 94.4 cm³/mol. The molecule has 0 spiro atoms. The van der Waals surface area contributed by atoms with E-state index in [0.29, 0.717) is 17.4 Å². The molecule has 0 fully saturated rings. The van der Waals surface area contributed by atoms with Crippen molar-refractivity contribution in [3.63, 3.8) is 0 Å². The van der Waals surface area contributed by atoms with E-state index in [1.807, 2.05) is 0 Å². The number of rotatable bonds is 6. The summed E-state index contributed by atoms with van der Waals surface area (Å²) < 4.78 is 14.7. The van der Waals surface area contributed by atoms with Gasteiger partial charge in [-0.3, -0.25) is 4.79 Å². The molecule has 2 aromatic carbocycles. The molecule has 0 aliphatic carbocycles. The summed E-state index contributed by atoms with van der Waals surface area (Å²) in [7, 11) is 1.66. The lowest BCUT2D eigenvalue weighted by molar-refractivity contribution is -0.127. The number of aromatic nitrogens is 4. The molecule has 3 rings (SSSR count). The van der Waals surface area contributed by atoms with Crippen molar-refractivity contribution < 1.29 is 14.3 Å². The Morgan fingerprint density at radius 1 is 1.27 bits per heavy atom. The monoisotopic (exact) mass is 373 g/mol. The van der Waals surface area contributed by atoms with Gasteiger partial charge in [0.2, 0.25) is 11.1 Å². The third kappa shape index (κ3) is 4.37. The number of halogens is 1. The molecule has 1 aromatic heterocycles. The van der Waals surface area contributed by atoms with Gasteiger partial charge in [-0.05, 0) is 52.4 Å². The van der Waals surface area contributed by atoms with Crippen LogP contribution in [0.15, 0.2) is 53.7 Å².